The van der Waals surface area contributed by atoms with Crippen LogP contribution in [0.15, 0.2) is 42.5 Å². The van der Waals surface area contributed by atoms with Crippen LogP contribution in [0.25, 0.3) is 0 Å². The molecule has 1 aromatic carbocycles. The number of carbonyl (C=O) groups excluding carboxylic acids is 1. The van der Waals surface area contributed by atoms with Gasteiger partial charge >= 0.3 is 0 Å². The van der Waals surface area contributed by atoms with Crippen molar-refractivity contribution < 1.29 is 9.90 Å². The van der Waals surface area contributed by atoms with E-state index in [9.17, 15) is 9.90 Å². The highest BCUT2D eigenvalue weighted by Crippen LogP contribution is 2.55. The van der Waals surface area contributed by atoms with Gasteiger partial charge < -0.3 is 20.2 Å². The first-order valence-electron chi connectivity index (χ1n) is 12.2. The molecule has 1 amide bonds. The number of aliphatic hydroxyl groups is 1. The maximum absolute atomic E-state index is 13.1. The van der Waals surface area contributed by atoms with Gasteiger partial charge in [0.1, 0.15) is 11.5 Å². The van der Waals surface area contributed by atoms with Crippen LogP contribution in [0.5, 0.6) is 0 Å². The molecule has 4 bridgehead atoms. The Hall–Kier alpha value is -2.31. The predicted octanol–water partition coefficient (Wildman–Crippen LogP) is 3.73. The van der Waals surface area contributed by atoms with Crippen molar-refractivity contribution in [1.82, 2.24) is 10.3 Å². The van der Waals surface area contributed by atoms with Gasteiger partial charge in [-0.1, -0.05) is 17.7 Å². The van der Waals surface area contributed by atoms with Crippen LogP contribution in [0.4, 0.5) is 11.5 Å². The second-order valence-corrected chi connectivity index (χ2v) is 11.0. The Morgan fingerprint density at radius 3 is 2.30 bits per heavy atom. The molecular weight excluding hydrogens is 436 g/mol. The molecule has 2 unspecified atom stereocenters. The third kappa shape index (κ3) is 4.08. The van der Waals surface area contributed by atoms with Crippen LogP contribution in [0.2, 0.25) is 5.02 Å². The molecule has 7 heteroatoms. The summed E-state index contributed by atoms with van der Waals surface area (Å²) in [6.07, 6.45) is 4.88. The van der Waals surface area contributed by atoms with Crippen LogP contribution in [0.3, 0.4) is 0 Å². The van der Waals surface area contributed by atoms with Gasteiger partial charge in [-0.05, 0) is 86.3 Å². The van der Waals surface area contributed by atoms with Gasteiger partial charge in [-0.15, -0.1) is 0 Å². The number of pyridine rings is 1. The molecule has 5 fully saturated rings. The zero-order chi connectivity index (χ0) is 22.6. The molecular formula is C26H31ClN4O2. The molecule has 7 rings (SSSR count). The largest absolute Gasteiger partial charge is 0.390 e. The summed E-state index contributed by atoms with van der Waals surface area (Å²) < 4.78 is 0. The smallest absolute Gasteiger partial charge is 0.270 e. The van der Waals surface area contributed by atoms with E-state index in [1.165, 1.54) is 5.69 Å². The molecule has 0 spiro atoms. The summed E-state index contributed by atoms with van der Waals surface area (Å²) in [6, 6.07) is 13.9. The minimum Gasteiger partial charge on any atom is -0.390 e. The van der Waals surface area contributed by atoms with E-state index in [0.717, 1.165) is 69.1 Å². The molecule has 2 N–H and O–H groups in total. The van der Waals surface area contributed by atoms with Crippen molar-refractivity contribution in [3.8, 4) is 0 Å². The van der Waals surface area contributed by atoms with Gasteiger partial charge in [0.2, 0.25) is 0 Å². The van der Waals surface area contributed by atoms with E-state index >= 15 is 0 Å². The number of halogens is 1. The van der Waals surface area contributed by atoms with E-state index in [0.29, 0.717) is 23.4 Å². The molecule has 1 aliphatic heterocycles. The third-order valence-electron chi connectivity index (χ3n) is 8.30. The molecule has 33 heavy (non-hydrogen) atoms. The Kier molecular flexibility index (Phi) is 5.26. The lowest BCUT2D eigenvalue weighted by Crippen LogP contribution is -2.61. The molecule has 4 aliphatic carbocycles. The van der Waals surface area contributed by atoms with Gasteiger partial charge in [0.25, 0.3) is 5.91 Å². The van der Waals surface area contributed by atoms with Crippen molar-refractivity contribution >= 4 is 29.0 Å². The molecule has 1 aromatic heterocycles. The maximum atomic E-state index is 13.1. The number of nitrogens with one attached hydrogen (secondary N) is 1. The normalized spacial score (nSPS) is 32.8. The molecule has 6 nitrogen and oxygen atoms in total. The molecule has 0 radical (unpaired) electrons. The van der Waals surface area contributed by atoms with Crippen molar-refractivity contribution in [2.45, 2.75) is 43.7 Å². The van der Waals surface area contributed by atoms with Crippen LogP contribution in [-0.2, 0) is 0 Å². The average Bonchev–Trinajstić information content (AvgIpc) is 2.81. The van der Waals surface area contributed by atoms with E-state index < -0.39 is 5.60 Å². The number of nitrogens with zero attached hydrogens (tertiary/aromatic N) is 3. The van der Waals surface area contributed by atoms with Crippen LogP contribution in [0.1, 0.15) is 42.6 Å². The SMILES string of the molecule is O=C(N[C@H]1C2CC3CC1C[C@](O)(C3)C2)c1cccc(N2CCN(c3ccc(Cl)cc3)CC2)n1. The second-order valence-electron chi connectivity index (χ2n) is 10.5. The summed E-state index contributed by atoms with van der Waals surface area (Å²) in [4.78, 5) is 22.5. The molecule has 5 aliphatic rings. The fourth-order valence-corrected chi connectivity index (χ4v) is 7.14. The molecule has 174 valence electrons. The highest BCUT2D eigenvalue weighted by molar-refractivity contribution is 6.30. The topological polar surface area (TPSA) is 68.7 Å². The number of amides is 1. The zero-order valence-corrected chi connectivity index (χ0v) is 19.5. The number of aromatic nitrogens is 1. The Bertz CT molecular complexity index is 1020. The van der Waals surface area contributed by atoms with E-state index in [1.54, 1.807) is 0 Å². The number of rotatable bonds is 4. The number of piperazine rings is 1. The quantitative estimate of drug-likeness (QED) is 0.718. The molecule has 1 saturated heterocycles. The second kappa shape index (κ2) is 8.17. The first-order chi connectivity index (χ1) is 16.0. The van der Waals surface area contributed by atoms with Gasteiger partial charge in [-0.25, -0.2) is 4.98 Å². The van der Waals surface area contributed by atoms with Gasteiger partial charge in [-0.2, -0.15) is 0 Å². The van der Waals surface area contributed by atoms with Crippen molar-refractivity contribution in [1.29, 1.82) is 0 Å². The van der Waals surface area contributed by atoms with E-state index in [2.05, 4.69) is 27.2 Å². The number of anilines is 2. The summed E-state index contributed by atoms with van der Waals surface area (Å²) in [5, 5.41) is 14.9. The Balaban J connectivity index is 1.10. The number of hydrogen-bond donors (Lipinski definition) is 2. The maximum Gasteiger partial charge on any atom is 0.270 e. The Morgan fingerprint density at radius 1 is 0.970 bits per heavy atom. The molecule has 4 saturated carbocycles. The number of carbonyl (C=O) groups is 1. The monoisotopic (exact) mass is 466 g/mol. The lowest BCUT2D eigenvalue weighted by Gasteiger charge is -2.58. The highest BCUT2D eigenvalue weighted by atomic mass is 35.5. The summed E-state index contributed by atoms with van der Waals surface area (Å²) in [5.74, 6) is 2.20. The third-order valence-corrected chi connectivity index (χ3v) is 8.55. The Labute approximate surface area is 199 Å². The van der Waals surface area contributed by atoms with Crippen LogP contribution < -0.4 is 15.1 Å². The van der Waals surface area contributed by atoms with Gasteiger partial charge in [-0.3, -0.25) is 4.79 Å². The fraction of sp³-hybridized carbons (Fsp3) is 0.538. The van der Waals surface area contributed by atoms with Crippen molar-refractivity contribution in [2.24, 2.45) is 17.8 Å². The highest BCUT2D eigenvalue weighted by Gasteiger charge is 2.55. The van der Waals surface area contributed by atoms with Crippen molar-refractivity contribution in [2.75, 3.05) is 36.0 Å². The Morgan fingerprint density at radius 2 is 1.64 bits per heavy atom. The predicted molar refractivity (Wildman–Crippen MR) is 130 cm³/mol. The van der Waals surface area contributed by atoms with Crippen molar-refractivity contribution in [3.63, 3.8) is 0 Å². The number of benzene rings is 1. The fourth-order valence-electron chi connectivity index (χ4n) is 7.01. The van der Waals surface area contributed by atoms with Crippen LogP contribution in [0, 0.1) is 17.8 Å². The summed E-state index contributed by atoms with van der Waals surface area (Å²) in [5.41, 5.74) is 1.19. The summed E-state index contributed by atoms with van der Waals surface area (Å²) >= 11 is 6.02. The van der Waals surface area contributed by atoms with Crippen molar-refractivity contribution in [3.05, 3.63) is 53.2 Å². The van der Waals surface area contributed by atoms with Gasteiger partial charge in [0.05, 0.1) is 5.60 Å². The molecule has 2 heterocycles. The van der Waals surface area contributed by atoms with E-state index in [-0.39, 0.29) is 11.9 Å². The van der Waals surface area contributed by atoms with E-state index in [4.69, 9.17) is 16.6 Å². The molecule has 2 aromatic rings. The molecule has 2 atom stereocenters. The average molecular weight is 467 g/mol. The zero-order valence-electron chi connectivity index (χ0n) is 18.8. The minimum atomic E-state index is -0.482. The van der Waals surface area contributed by atoms with Gasteiger partial charge in [0, 0.05) is 42.9 Å². The first-order valence-corrected chi connectivity index (χ1v) is 12.6. The van der Waals surface area contributed by atoms with Crippen LogP contribution in [-0.4, -0.2) is 53.8 Å². The minimum absolute atomic E-state index is 0.0823. The first kappa shape index (κ1) is 21.2. The summed E-state index contributed by atoms with van der Waals surface area (Å²) in [7, 11) is 0. The lowest BCUT2D eigenvalue weighted by molar-refractivity contribution is -0.136. The summed E-state index contributed by atoms with van der Waals surface area (Å²) in [6.45, 7) is 3.51. The van der Waals surface area contributed by atoms with E-state index in [1.807, 2.05) is 30.3 Å². The van der Waals surface area contributed by atoms with Gasteiger partial charge in [0.15, 0.2) is 0 Å². The van der Waals surface area contributed by atoms with Crippen LogP contribution >= 0.6 is 11.6 Å². The standard InChI is InChI=1S/C26H31ClN4O2/c27-20-4-6-21(7-5-20)30-8-10-31(11-9-30)23-3-1-2-22(28-23)25(32)29-24-18-12-17-13-19(24)16-26(33,14-17)15-18/h1-7,17-19,24,33H,8-16H2,(H,29,32)/t17?,18?,19?,24-,26-. The lowest BCUT2D eigenvalue weighted by atomic mass is 9.52. The number of hydrogen-bond acceptors (Lipinski definition) is 5.